The maximum atomic E-state index is 5.94. The monoisotopic (exact) mass is 288 g/mol. The second-order valence-electron chi connectivity index (χ2n) is 5.73. The molecule has 2 unspecified atom stereocenters. The van der Waals surface area contributed by atoms with Crippen molar-refractivity contribution < 1.29 is 0 Å². The molecular formula is C15H20N4S. The van der Waals surface area contributed by atoms with Gasteiger partial charge in [-0.25, -0.2) is 0 Å². The number of fused-ring (bicyclic) bond motifs is 4. The summed E-state index contributed by atoms with van der Waals surface area (Å²) in [4.78, 5) is 5.15. The number of nitrogens with zero attached hydrogens (tertiary/aromatic N) is 2. The van der Waals surface area contributed by atoms with Crippen molar-refractivity contribution in [2.24, 2.45) is 5.84 Å². The smallest absolute Gasteiger partial charge is 0.0641 e. The number of nitrogens with one attached hydrogen (secondary N) is 1. The minimum absolute atomic E-state index is 0.209. The summed E-state index contributed by atoms with van der Waals surface area (Å²) in [5.41, 5.74) is 4.44. The van der Waals surface area contributed by atoms with Crippen LogP contribution in [0.3, 0.4) is 0 Å². The summed E-state index contributed by atoms with van der Waals surface area (Å²) in [5, 5.41) is 3.49. The Kier molecular flexibility index (Phi) is 3.24. The molecule has 5 rings (SSSR count). The molecule has 3 saturated heterocycles. The molecular weight excluding hydrogens is 268 g/mol. The third kappa shape index (κ3) is 1.98. The summed E-state index contributed by atoms with van der Waals surface area (Å²) in [7, 11) is 0. The van der Waals surface area contributed by atoms with Gasteiger partial charge in [-0.05, 0) is 22.4 Å². The predicted octanol–water partition coefficient (Wildman–Crippen LogP) is 1.41. The Balaban J connectivity index is 1.73. The highest BCUT2D eigenvalue weighted by Crippen LogP contribution is 2.33. The second kappa shape index (κ2) is 5.09. The molecule has 0 saturated carbocycles. The lowest BCUT2D eigenvalue weighted by atomic mass is 9.94. The maximum absolute atomic E-state index is 5.94. The molecule has 1 aromatic heterocycles. The van der Waals surface area contributed by atoms with Crippen LogP contribution in [0.15, 0.2) is 29.6 Å². The zero-order chi connectivity index (χ0) is 13.5. The van der Waals surface area contributed by atoms with Crippen molar-refractivity contribution in [1.29, 1.82) is 0 Å². The Labute approximate surface area is 123 Å². The van der Waals surface area contributed by atoms with Crippen molar-refractivity contribution in [3.63, 3.8) is 0 Å². The highest BCUT2D eigenvalue weighted by molar-refractivity contribution is 7.17. The molecule has 3 aliphatic rings. The first-order valence-corrected chi connectivity index (χ1v) is 8.13. The van der Waals surface area contributed by atoms with Gasteiger partial charge in [-0.1, -0.05) is 18.2 Å². The van der Waals surface area contributed by atoms with Crippen LogP contribution < -0.4 is 11.3 Å². The van der Waals surface area contributed by atoms with Gasteiger partial charge in [-0.2, -0.15) is 0 Å². The lowest BCUT2D eigenvalue weighted by molar-refractivity contribution is -0.00345. The van der Waals surface area contributed by atoms with Crippen molar-refractivity contribution in [2.45, 2.75) is 12.1 Å². The highest BCUT2D eigenvalue weighted by Gasteiger charge is 2.37. The minimum Gasteiger partial charge on any atom is -0.299 e. The summed E-state index contributed by atoms with van der Waals surface area (Å²) < 4.78 is 1.37. The number of thiophene rings is 1. The molecule has 0 radical (unpaired) electrons. The lowest BCUT2D eigenvalue weighted by Gasteiger charge is -2.50. The fraction of sp³-hybridized carbons (Fsp3) is 0.467. The van der Waals surface area contributed by atoms with Gasteiger partial charge in [0.05, 0.1) is 6.04 Å². The first-order chi connectivity index (χ1) is 9.86. The third-order valence-corrected chi connectivity index (χ3v) is 5.71. The van der Waals surface area contributed by atoms with E-state index in [2.05, 4.69) is 44.9 Å². The average Bonchev–Trinajstić information content (AvgIpc) is 2.99. The van der Waals surface area contributed by atoms with E-state index in [0.717, 1.165) is 6.54 Å². The number of nitrogens with two attached hydrogens (primary N) is 1. The molecule has 1 aromatic carbocycles. The number of hydrogen-bond donors (Lipinski definition) is 2. The largest absolute Gasteiger partial charge is 0.299 e. The lowest BCUT2D eigenvalue weighted by Crippen LogP contribution is -2.64. The molecule has 0 spiro atoms. The van der Waals surface area contributed by atoms with Crippen LogP contribution in [-0.2, 0) is 0 Å². The van der Waals surface area contributed by atoms with Gasteiger partial charge >= 0.3 is 0 Å². The van der Waals surface area contributed by atoms with Gasteiger partial charge in [0, 0.05) is 43.5 Å². The van der Waals surface area contributed by atoms with Gasteiger partial charge in [0.25, 0.3) is 0 Å². The Bertz CT molecular complexity index is 603. The van der Waals surface area contributed by atoms with Gasteiger partial charge in [0.2, 0.25) is 0 Å². The van der Waals surface area contributed by atoms with E-state index >= 15 is 0 Å². The molecule has 4 heterocycles. The molecule has 5 heteroatoms. The second-order valence-corrected chi connectivity index (χ2v) is 6.65. The van der Waals surface area contributed by atoms with E-state index in [9.17, 15) is 0 Å². The van der Waals surface area contributed by atoms with Crippen LogP contribution in [-0.4, -0.2) is 48.6 Å². The van der Waals surface area contributed by atoms with Crippen molar-refractivity contribution in [3.05, 3.63) is 35.2 Å². The van der Waals surface area contributed by atoms with Crippen LogP contribution in [0.25, 0.3) is 10.1 Å². The summed E-state index contributed by atoms with van der Waals surface area (Å²) in [6, 6.07) is 9.43. The van der Waals surface area contributed by atoms with Gasteiger partial charge in [-0.3, -0.25) is 21.1 Å². The average molecular weight is 288 g/mol. The van der Waals surface area contributed by atoms with Crippen LogP contribution in [0.4, 0.5) is 0 Å². The van der Waals surface area contributed by atoms with Crippen LogP contribution in [0.1, 0.15) is 11.6 Å². The van der Waals surface area contributed by atoms with Crippen LogP contribution in [0.2, 0.25) is 0 Å². The zero-order valence-electron chi connectivity index (χ0n) is 11.5. The van der Waals surface area contributed by atoms with E-state index in [0.29, 0.717) is 6.04 Å². The van der Waals surface area contributed by atoms with Crippen molar-refractivity contribution in [2.75, 3.05) is 32.7 Å². The van der Waals surface area contributed by atoms with E-state index in [-0.39, 0.29) is 6.04 Å². The van der Waals surface area contributed by atoms with Gasteiger partial charge < -0.3 is 0 Å². The van der Waals surface area contributed by atoms with E-state index < -0.39 is 0 Å². The summed E-state index contributed by atoms with van der Waals surface area (Å²) >= 11 is 1.81. The molecule has 2 aromatic rings. The molecule has 106 valence electrons. The molecule has 2 atom stereocenters. The van der Waals surface area contributed by atoms with E-state index in [1.807, 2.05) is 11.3 Å². The van der Waals surface area contributed by atoms with Crippen molar-refractivity contribution in [3.8, 4) is 0 Å². The molecule has 3 aliphatic heterocycles. The first kappa shape index (κ1) is 12.7. The third-order valence-electron chi connectivity index (χ3n) is 4.73. The Morgan fingerprint density at radius 3 is 2.75 bits per heavy atom. The van der Waals surface area contributed by atoms with Gasteiger partial charge in [0.15, 0.2) is 0 Å². The normalized spacial score (nSPS) is 30.8. The van der Waals surface area contributed by atoms with Gasteiger partial charge in [-0.15, -0.1) is 11.3 Å². The molecule has 0 aliphatic carbocycles. The highest BCUT2D eigenvalue weighted by atomic mass is 32.1. The number of hydrazine groups is 1. The number of piperazine rings is 3. The molecule has 0 amide bonds. The topological polar surface area (TPSA) is 44.5 Å². The van der Waals surface area contributed by atoms with E-state index in [1.165, 1.54) is 41.8 Å². The molecule has 20 heavy (non-hydrogen) atoms. The maximum Gasteiger partial charge on any atom is 0.0641 e. The van der Waals surface area contributed by atoms with E-state index in [1.54, 1.807) is 0 Å². The fourth-order valence-corrected chi connectivity index (χ4v) is 4.60. The van der Waals surface area contributed by atoms with Crippen LogP contribution >= 0.6 is 11.3 Å². The van der Waals surface area contributed by atoms with Crippen molar-refractivity contribution in [1.82, 2.24) is 15.2 Å². The standard InChI is InChI=1S/C15H20N4S/c16-17-14(13-10-18-5-7-19(13)8-6-18)12-3-1-2-11-4-9-20-15(11)12/h1-4,9,13-14,17H,5-8,10,16H2. The van der Waals surface area contributed by atoms with Crippen LogP contribution in [0, 0.1) is 0 Å². The Hall–Kier alpha value is -0.980. The molecule has 3 N–H and O–H groups in total. The van der Waals surface area contributed by atoms with Crippen molar-refractivity contribution >= 4 is 21.4 Å². The number of hydrogen-bond acceptors (Lipinski definition) is 5. The SMILES string of the molecule is NNC(c1cccc2ccsc12)C1CN2CCN1CC2. The molecule has 3 fully saturated rings. The minimum atomic E-state index is 0.209. The molecule has 4 nitrogen and oxygen atoms in total. The Morgan fingerprint density at radius 2 is 2.05 bits per heavy atom. The fourth-order valence-electron chi connectivity index (χ4n) is 3.64. The quantitative estimate of drug-likeness (QED) is 0.662. The number of benzene rings is 1. The number of rotatable bonds is 3. The van der Waals surface area contributed by atoms with Gasteiger partial charge in [0.1, 0.15) is 0 Å². The van der Waals surface area contributed by atoms with E-state index in [4.69, 9.17) is 5.84 Å². The molecule has 2 bridgehead atoms. The zero-order valence-corrected chi connectivity index (χ0v) is 12.3. The first-order valence-electron chi connectivity index (χ1n) is 7.25. The summed E-state index contributed by atoms with van der Waals surface area (Å²) in [6.07, 6.45) is 0. The summed E-state index contributed by atoms with van der Waals surface area (Å²) in [6.45, 7) is 5.87. The Morgan fingerprint density at radius 1 is 1.20 bits per heavy atom. The predicted molar refractivity (Wildman–Crippen MR) is 83.7 cm³/mol. The van der Waals surface area contributed by atoms with Crippen LogP contribution in [0.5, 0.6) is 0 Å². The summed E-state index contributed by atoms with van der Waals surface area (Å²) in [5.74, 6) is 5.94.